The third-order valence-corrected chi connectivity index (χ3v) is 5.74. The predicted molar refractivity (Wildman–Crippen MR) is 122 cm³/mol. The molecular weight excluding hydrogens is 449 g/mol. The number of hydrogen-bond donors (Lipinski definition) is 1. The minimum Gasteiger partial charge on any atom is -0.494 e. The van der Waals surface area contributed by atoms with E-state index < -0.39 is 5.91 Å². The van der Waals surface area contributed by atoms with Gasteiger partial charge in [0.2, 0.25) is 5.91 Å². The number of halogens is 3. The number of piperazine rings is 1. The Kier molecular flexibility index (Phi) is 7.34. The topological polar surface area (TPSA) is 61.9 Å². The summed E-state index contributed by atoms with van der Waals surface area (Å²) in [5, 5.41) is 3.90. The van der Waals surface area contributed by atoms with Crippen molar-refractivity contribution in [3.05, 3.63) is 51.0 Å². The zero-order valence-corrected chi connectivity index (χ0v) is 18.9. The van der Waals surface area contributed by atoms with Crippen molar-refractivity contribution in [1.29, 1.82) is 0 Å². The second-order valence-corrected chi connectivity index (χ2v) is 8.06. The Bertz CT molecular complexity index is 960. The monoisotopic (exact) mass is 469 g/mol. The standard InChI is InChI=1S/C21H22Cl3N3O3/c1-3-19(28)27-8-6-26(7-9-27)18-5-4-14(12-16(18)23)25-21(29)15-10-13(22)11-17(24)20(15)30-2/h4-5,10-12H,3,6-9H2,1-2H3,(H,25,29). The van der Waals surface area contributed by atoms with Crippen LogP contribution in [0.5, 0.6) is 5.75 Å². The molecule has 0 bridgehead atoms. The molecule has 2 aromatic carbocycles. The van der Waals surface area contributed by atoms with Gasteiger partial charge in [-0.3, -0.25) is 9.59 Å². The lowest BCUT2D eigenvalue weighted by atomic mass is 10.1. The van der Waals surface area contributed by atoms with Crippen LogP contribution in [-0.4, -0.2) is 50.0 Å². The lowest BCUT2D eigenvalue weighted by molar-refractivity contribution is -0.131. The second kappa shape index (κ2) is 9.77. The van der Waals surface area contributed by atoms with Crippen LogP contribution in [0, 0.1) is 0 Å². The van der Waals surface area contributed by atoms with Crippen molar-refractivity contribution in [2.24, 2.45) is 0 Å². The van der Waals surface area contributed by atoms with E-state index in [4.69, 9.17) is 39.5 Å². The van der Waals surface area contributed by atoms with Gasteiger partial charge in [0.1, 0.15) is 5.75 Å². The molecular formula is C21H22Cl3N3O3. The van der Waals surface area contributed by atoms with Gasteiger partial charge in [-0.25, -0.2) is 0 Å². The lowest BCUT2D eigenvalue weighted by Crippen LogP contribution is -2.48. The Morgan fingerprint density at radius 2 is 1.73 bits per heavy atom. The van der Waals surface area contributed by atoms with Crippen LogP contribution in [-0.2, 0) is 4.79 Å². The highest BCUT2D eigenvalue weighted by molar-refractivity contribution is 6.36. The van der Waals surface area contributed by atoms with Crippen LogP contribution in [0.1, 0.15) is 23.7 Å². The summed E-state index contributed by atoms with van der Waals surface area (Å²) in [4.78, 5) is 28.6. The van der Waals surface area contributed by atoms with E-state index in [1.807, 2.05) is 17.9 Å². The smallest absolute Gasteiger partial charge is 0.259 e. The van der Waals surface area contributed by atoms with Gasteiger partial charge in [0.05, 0.1) is 28.4 Å². The molecule has 9 heteroatoms. The molecule has 30 heavy (non-hydrogen) atoms. The van der Waals surface area contributed by atoms with Crippen LogP contribution < -0.4 is 15.0 Å². The third-order valence-electron chi connectivity index (χ3n) is 4.94. The first-order valence-corrected chi connectivity index (χ1v) is 10.6. The minimum atomic E-state index is -0.410. The maximum atomic E-state index is 12.7. The molecule has 160 valence electrons. The molecule has 1 heterocycles. The molecule has 1 fully saturated rings. The number of nitrogens with one attached hydrogen (secondary N) is 1. The number of hydrogen-bond acceptors (Lipinski definition) is 4. The van der Waals surface area contributed by atoms with Crippen molar-refractivity contribution in [2.45, 2.75) is 13.3 Å². The number of benzene rings is 2. The quantitative estimate of drug-likeness (QED) is 0.670. The van der Waals surface area contributed by atoms with Gasteiger partial charge in [0.15, 0.2) is 0 Å². The van der Waals surface area contributed by atoms with Crippen molar-refractivity contribution in [3.8, 4) is 5.75 Å². The number of carbonyl (C=O) groups excluding carboxylic acids is 2. The van der Waals surface area contributed by atoms with E-state index in [9.17, 15) is 9.59 Å². The van der Waals surface area contributed by atoms with Crippen molar-refractivity contribution in [2.75, 3.05) is 43.5 Å². The Hall–Kier alpha value is -2.15. The van der Waals surface area contributed by atoms with Gasteiger partial charge in [-0.1, -0.05) is 41.7 Å². The first kappa shape index (κ1) is 22.5. The van der Waals surface area contributed by atoms with Gasteiger partial charge >= 0.3 is 0 Å². The fourth-order valence-corrected chi connectivity index (χ4v) is 4.27. The summed E-state index contributed by atoms with van der Waals surface area (Å²) in [7, 11) is 1.44. The van der Waals surface area contributed by atoms with Crippen molar-refractivity contribution >= 4 is 58.0 Å². The summed E-state index contributed by atoms with van der Waals surface area (Å²) in [6, 6.07) is 8.34. The molecule has 1 aliphatic rings. The summed E-state index contributed by atoms with van der Waals surface area (Å²) < 4.78 is 5.23. The normalized spacial score (nSPS) is 13.9. The van der Waals surface area contributed by atoms with Crippen LogP contribution in [0.3, 0.4) is 0 Å². The van der Waals surface area contributed by atoms with Crippen LogP contribution in [0.25, 0.3) is 0 Å². The van der Waals surface area contributed by atoms with E-state index >= 15 is 0 Å². The van der Waals surface area contributed by atoms with Gasteiger partial charge in [0.25, 0.3) is 5.91 Å². The average Bonchev–Trinajstić information content (AvgIpc) is 2.73. The fraction of sp³-hybridized carbons (Fsp3) is 0.333. The van der Waals surface area contributed by atoms with Crippen molar-refractivity contribution < 1.29 is 14.3 Å². The molecule has 2 aromatic rings. The van der Waals surface area contributed by atoms with E-state index in [0.717, 1.165) is 5.69 Å². The molecule has 0 atom stereocenters. The Labute approximate surface area is 190 Å². The van der Waals surface area contributed by atoms with E-state index in [-0.39, 0.29) is 22.2 Å². The van der Waals surface area contributed by atoms with Gasteiger partial charge in [-0.05, 0) is 30.3 Å². The highest BCUT2D eigenvalue weighted by atomic mass is 35.5. The Morgan fingerprint density at radius 1 is 1.03 bits per heavy atom. The number of carbonyl (C=O) groups is 2. The average molecular weight is 471 g/mol. The number of nitrogens with zero attached hydrogens (tertiary/aromatic N) is 2. The predicted octanol–water partition coefficient (Wildman–Crippen LogP) is 4.97. The maximum Gasteiger partial charge on any atom is 0.259 e. The van der Waals surface area contributed by atoms with Crippen LogP contribution in [0.2, 0.25) is 15.1 Å². The highest BCUT2D eigenvalue weighted by Gasteiger charge is 2.22. The summed E-state index contributed by atoms with van der Waals surface area (Å²) >= 11 is 18.6. The summed E-state index contributed by atoms with van der Waals surface area (Å²) in [6.45, 7) is 4.60. The van der Waals surface area contributed by atoms with Crippen LogP contribution >= 0.6 is 34.8 Å². The zero-order valence-electron chi connectivity index (χ0n) is 16.7. The Morgan fingerprint density at radius 3 is 2.33 bits per heavy atom. The molecule has 1 N–H and O–H groups in total. The van der Waals surface area contributed by atoms with E-state index in [1.54, 1.807) is 12.1 Å². The lowest BCUT2D eigenvalue weighted by Gasteiger charge is -2.36. The molecule has 0 aliphatic carbocycles. The van der Waals surface area contributed by atoms with Gasteiger partial charge in [-0.2, -0.15) is 0 Å². The molecule has 0 radical (unpaired) electrons. The maximum absolute atomic E-state index is 12.7. The molecule has 2 amide bonds. The number of rotatable bonds is 5. The van der Waals surface area contributed by atoms with Crippen molar-refractivity contribution in [1.82, 2.24) is 4.90 Å². The second-order valence-electron chi connectivity index (χ2n) is 6.81. The van der Waals surface area contributed by atoms with Crippen LogP contribution in [0.15, 0.2) is 30.3 Å². The molecule has 0 unspecified atom stereocenters. The number of methoxy groups -OCH3 is 1. The van der Waals surface area contributed by atoms with Crippen LogP contribution in [0.4, 0.5) is 11.4 Å². The fourth-order valence-electron chi connectivity index (χ4n) is 3.40. The molecule has 0 saturated carbocycles. The van der Waals surface area contributed by atoms with Gasteiger partial charge in [0, 0.05) is 43.3 Å². The van der Waals surface area contributed by atoms with E-state index in [1.165, 1.54) is 19.2 Å². The minimum absolute atomic E-state index is 0.162. The third kappa shape index (κ3) is 4.94. The molecule has 0 aromatic heterocycles. The molecule has 3 rings (SSSR count). The summed E-state index contributed by atoms with van der Waals surface area (Å²) in [5.74, 6) is 0.00268. The van der Waals surface area contributed by atoms with Gasteiger partial charge in [-0.15, -0.1) is 0 Å². The Balaban J connectivity index is 1.72. The van der Waals surface area contributed by atoms with Gasteiger partial charge < -0.3 is 19.9 Å². The summed E-state index contributed by atoms with van der Waals surface area (Å²) in [6.07, 6.45) is 0.512. The number of anilines is 2. The SMILES string of the molecule is CCC(=O)N1CCN(c2ccc(NC(=O)c3cc(Cl)cc(Cl)c3OC)cc2Cl)CC1. The molecule has 0 spiro atoms. The first-order chi connectivity index (χ1) is 14.3. The number of ether oxygens (including phenoxy) is 1. The molecule has 1 saturated heterocycles. The summed E-state index contributed by atoms with van der Waals surface area (Å²) in [5.41, 5.74) is 1.63. The molecule has 6 nitrogen and oxygen atoms in total. The van der Waals surface area contributed by atoms with Crippen molar-refractivity contribution in [3.63, 3.8) is 0 Å². The van der Waals surface area contributed by atoms with E-state index in [0.29, 0.717) is 48.3 Å². The zero-order chi connectivity index (χ0) is 21.8. The van der Waals surface area contributed by atoms with E-state index in [2.05, 4.69) is 10.2 Å². The largest absolute Gasteiger partial charge is 0.494 e. The number of amides is 2. The first-order valence-electron chi connectivity index (χ1n) is 9.50. The molecule has 1 aliphatic heterocycles. The highest BCUT2D eigenvalue weighted by Crippen LogP contribution is 2.34.